The van der Waals surface area contributed by atoms with Crippen molar-refractivity contribution in [1.29, 1.82) is 0 Å². The quantitative estimate of drug-likeness (QED) is 0.477. The van der Waals surface area contributed by atoms with Crippen molar-refractivity contribution >= 4 is 28.9 Å². The Morgan fingerprint density at radius 2 is 1.59 bits per heavy atom. The average Bonchev–Trinajstić information content (AvgIpc) is 2.73. The third kappa shape index (κ3) is 6.39. The van der Waals surface area contributed by atoms with Crippen LogP contribution in [0.2, 0.25) is 0 Å². The number of aromatic nitrogens is 2. The van der Waals surface area contributed by atoms with E-state index in [0.29, 0.717) is 24.8 Å². The number of anilines is 4. The number of carbonyl (C=O) groups is 1. The Morgan fingerprint density at radius 3 is 2.28 bits per heavy atom. The third-order valence-electron chi connectivity index (χ3n) is 3.88. The van der Waals surface area contributed by atoms with Crippen molar-refractivity contribution in [3.63, 3.8) is 0 Å². The molecule has 1 heterocycles. The Balaban J connectivity index is 1.48. The molecule has 1 aromatic heterocycles. The second-order valence-electron chi connectivity index (χ2n) is 6.12. The maximum absolute atomic E-state index is 11.1. The molecular weight excluding hydrogens is 370 g/mol. The van der Waals surface area contributed by atoms with E-state index in [4.69, 9.17) is 9.47 Å². The maximum atomic E-state index is 11.1. The first-order chi connectivity index (χ1) is 14.1. The van der Waals surface area contributed by atoms with E-state index in [1.807, 2.05) is 54.6 Å². The van der Waals surface area contributed by atoms with E-state index >= 15 is 0 Å². The zero-order valence-electron chi connectivity index (χ0n) is 16.3. The van der Waals surface area contributed by atoms with Crippen molar-refractivity contribution in [3.05, 3.63) is 60.9 Å². The number of nitrogens with one attached hydrogen (secondary N) is 3. The van der Waals surface area contributed by atoms with Gasteiger partial charge in [-0.1, -0.05) is 0 Å². The van der Waals surface area contributed by atoms with E-state index in [1.54, 1.807) is 7.11 Å². The molecule has 0 aliphatic carbocycles. The van der Waals surface area contributed by atoms with Gasteiger partial charge in [0.1, 0.15) is 36.1 Å². The Labute approximate surface area is 169 Å². The lowest BCUT2D eigenvalue weighted by molar-refractivity contribution is -0.114. The monoisotopic (exact) mass is 393 g/mol. The van der Waals surface area contributed by atoms with E-state index in [9.17, 15) is 4.79 Å². The second kappa shape index (κ2) is 9.93. The molecule has 0 atom stereocenters. The minimum Gasteiger partial charge on any atom is -0.497 e. The highest BCUT2D eigenvalue weighted by Crippen LogP contribution is 2.19. The average molecular weight is 393 g/mol. The molecule has 8 nitrogen and oxygen atoms in total. The first-order valence-electron chi connectivity index (χ1n) is 9.10. The summed E-state index contributed by atoms with van der Waals surface area (Å²) >= 11 is 0. The third-order valence-corrected chi connectivity index (χ3v) is 3.88. The molecule has 0 radical (unpaired) electrons. The Hall–Kier alpha value is -3.81. The molecule has 3 aromatic rings. The van der Waals surface area contributed by atoms with Gasteiger partial charge in [0.05, 0.1) is 13.7 Å². The van der Waals surface area contributed by atoms with Crippen molar-refractivity contribution in [2.75, 3.05) is 36.2 Å². The largest absolute Gasteiger partial charge is 0.497 e. The van der Waals surface area contributed by atoms with E-state index in [-0.39, 0.29) is 5.91 Å². The number of amides is 1. The van der Waals surface area contributed by atoms with Gasteiger partial charge in [-0.25, -0.2) is 9.97 Å². The fraction of sp³-hybridized carbons (Fsp3) is 0.190. The van der Waals surface area contributed by atoms with E-state index in [2.05, 4.69) is 25.9 Å². The van der Waals surface area contributed by atoms with E-state index in [0.717, 1.165) is 22.9 Å². The lowest BCUT2D eigenvalue weighted by Gasteiger charge is -2.10. The Bertz CT molecular complexity index is 930. The van der Waals surface area contributed by atoms with Gasteiger partial charge in [-0.15, -0.1) is 0 Å². The van der Waals surface area contributed by atoms with Gasteiger partial charge in [-0.05, 0) is 48.5 Å². The molecule has 150 valence electrons. The number of rotatable bonds is 9. The molecular formula is C21H23N5O3. The van der Waals surface area contributed by atoms with E-state index in [1.165, 1.54) is 13.3 Å². The van der Waals surface area contributed by atoms with Crippen LogP contribution in [0.3, 0.4) is 0 Å². The summed E-state index contributed by atoms with van der Waals surface area (Å²) in [4.78, 5) is 19.5. The van der Waals surface area contributed by atoms with Crippen molar-refractivity contribution in [2.24, 2.45) is 0 Å². The number of carbonyl (C=O) groups excluding carboxylic acids is 1. The van der Waals surface area contributed by atoms with Crippen LogP contribution in [0.4, 0.5) is 23.0 Å². The lowest BCUT2D eigenvalue weighted by atomic mass is 10.2. The van der Waals surface area contributed by atoms with Crippen LogP contribution in [-0.2, 0) is 4.79 Å². The van der Waals surface area contributed by atoms with Gasteiger partial charge in [-0.2, -0.15) is 0 Å². The number of hydrogen-bond donors (Lipinski definition) is 3. The maximum Gasteiger partial charge on any atom is 0.221 e. The topological polar surface area (TPSA) is 97.4 Å². The number of hydrogen-bond acceptors (Lipinski definition) is 7. The first kappa shape index (κ1) is 19.9. The molecule has 0 saturated carbocycles. The molecule has 0 bridgehead atoms. The number of ether oxygens (including phenoxy) is 2. The van der Waals surface area contributed by atoms with Crippen LogP contribution in [0.5, 0.6) is 11.5 Å². The molecule has 29 heavy (non-hydrogen) atoms. The predicted octanol–water partition coefficient (Wildman–Crippen LogP) is 3.68. The molecule has 0 unspecified atom stereocenters. The highest BCUT2D eigenvalue weighted by molar-refractivity contribution is 5.88. The molecule has 2 aromatic carbocycles. The summed E-state index contributed by atoms with van der Waals surface area (Å²) in [5, 5.41) is 9.14. The van der Waals surface area contributed by atoms with Crippen molar-refractivity contribution in [1.82, 2.24) is 9.97 Å². The van der Waals surface area contributed by atoms with Crippen LogP contribution in [0, 0.1) is 0 Å². The fourth-order valence-electron chi connectivity index (χ4n) is 2.53. The molecule has 8 heteroatoms. The van der Waals surface area contributed by atoms with Gasteiger partial charge < -0.3 is 25.4 Å². The fourth-order valence-corrected chi connectivity index (χ4v) is 2.53. The number of methoxy groups -OCH3 is 1. The molecule has 0 spiro atoms. The second-order valence-corrected chi connectivity index (χ2v) is 6.12. The summed E-state index contributed by atoms with van der Waals surface area (Å²) in [5.74, 6) is 2.82. The molecule has 3 rings (SSSR count). The van der Waals surface area contributed by atoms with Crippen molar-refractivity contribution in [2.45, 2.75) is 6.92 Å². The van der Waals surface area contributed by atoms with Crippen molar-refractivity contribution in [3.8, 4) is 11.5 Å². The van der Waals surface area contributed by atoms with Gasteiger partial charge in [0.15, 0.2) is 0 Å². The Morgan fingerprint density at radius 1 is 0.931 bits per heavy atom. The summed E-state index contributed by atoms with van der Waals surface area (Å²) in [7, 11) is 1.63. The normalized spacial score (nSPS) is 10.1. The summed E-state index contributed by atoms with van der Waals surface area (Å²) < 4.78 is 10.8. The van der Waals surface area contributed by atoms with Crippen LogP contribution < -0.4 is 25.4 Å². The molecule has 1 amide bonds. The highest BCUT2D eigenvalue weighted by atomic mass is 16.5. The lowest BCUT2D eigenvalue weighted by Crippen LogP contribution is -2.12. The van der Waals surface area contributed by atoms with Crippen LogP contribution in [-0.4, -0.2) is 36.1 Å². The number of nitrogens with zero attached hydrogens (tertiary/aromatic N) is 2. The predicted molar refractivity (Wildman–Crippen MR) is 113 cm³/mol. The minimum atomic E-state index is -0.104. The molecule has 3 N–H and O–H groups in total. The SMILES string of the molecule is COc1ccc(OCCNc2cc(Nc3ccc(NC(C)=O)cc3)ncn2)cc1. The van der Waals surface area contributed by atoms with E-state index < -0.39 is 0 Å². The standard InChI is InChI=1S/C21H23N5O3/c1-15(27)25-16-3-5-17(6-4-16)26-21-13-20(23-14-24-21)22-11-12-29-19-9-7-18(28-2)8-10-19/h3-10,13-14H,11-12H2,1-2H3,(H,25,27)(H2,22,23,24,26). The zero-order valence-corrected chi connectivity index (χ0v) is 16.3. The van der Waals surface area contributed by atoms with Gasteiger partial charge in [0.25, 0.3) is 0 Å². The Kier molecular flexibility index (Phi) is 6.83. The van der Waals surface area contributed by atoms with Gasteiger partial charge >= 0.3 is 0 Å². The first-order valence-corrected chi connectivity index (χ1v) is 9.10. The minimum absolute atomic E-state index is 0.104. The van der Waals surface area contributed by atoms with Gasteiger partial charge in [-0.3, -0.25) is 4.79 Å². The van der Waals surface area contributed by atoms with Crippen LogP contribution >= 0.6 is 0 Å². The summed E-state index contributed by atoms with van der Waals surface area (Å²) in [6.07, 6.45) is 1.49. The summed E-state index contributed by atoms with van der Waals surface area (Å²) in [5.41, 5.74) is 1.59. The zero-order chi connectivity index (χ0) is 20.5. The van der Waals surface area contributed by atoms with Crippen LogP contribution in [0.25, 0.3) is 0 Å². The molecule has 0 fully saturated rings. The molecule has 0 aliphatic rings. The number of benzene rings is 2. The summed E-state index contributed by atoms with van der Waals surface area (Å²) in [6.45, 7) is 2.56. The highest BCUT2D eigenvalue weighted by Gasteiger charge is 2.01. The molecule has 0 saturated heterocycles. The van der Waals surface area contributed by atoms with Crippen LogP contribution in [0.1, 0.15) is 6.92 Å². The van der Waals surface area contributed by atoms with Gasteiger partial charge in [0, 0.05) is 24.4 Å². The van der Waals surface area contributed by atoms with Crippen molar-refractivity contribution < 1.29 is 14.3 Å². The summed E-state index contributed by atoms with van der Waals surface area (Å²) in [6, 6.07) is 16.6. The molecule has 0 aliphatic heterocycles. The van der Waals surface area contributed by atoms with Gasteiger partial charge in [0.2, 0.25) is 5.91 Å². The van der Waals surface area contributed by atoms with Crippen LogP contribution in [0.15, 0.2) is 60.9 Å². The smallest absolute Gasteiger partial charge is 0.221 e.